The number of carbonyl (C=O) groups excluding carboxylic acids is 3. The molecule has 6 nitrogen and oxygen atoms in total. The number of cyclic esters (lactones) is 1. The normalized spacial score (nSPS) is 33.7. The van der Waals surface area contributed by atoms with Crippen LogP contribution in [0.5, 0.6) is 0 Å². The summed E-state index contributed by atoms with van der Waals surface area (Å²) in [5.74, 6) is 2.97. The van der Waals surface area contributed by atoms with Crippen molar-refractivity contribution >= 4 is 17.9 Å². The van der Waals surface area contributed by atoms with E-state index in [4.69, 9.17) is 14.2 Å². The maximum Gasteiger partial charge on any atom is 0.312 e. The minimum atomic E-state index is -0.481. The van der Waals surface area contributed by atoms with Gasteiger partial charge in [0.1, 0.15) is 18.3 Å². The molecule has 1 unspecified atom stereocenters. The molecule has 0 N–H and O–H groups in total. The highest BCUT2D eigenvalue weighted by molar-refractivity contribution is 5.78. The predicted molar refractivity (Wildman–Crippen MR) is 134 cm³/mol. The smallest absolute Gasteiger partial charge is 0.312 e. The topological polar surface area (TPSA) is 78.9 Å². The molecule has 6 heteroatoms. The van der Waals surface area contributed by atoms with Gasteiger partial charge in [-0.2, -0.15) is 0 Å². The van der Waals surface area contributed by atoms with Crippen molar-refractivity contribution in [2.75, 3.05) is 6.61 Å². The fourth-order valence-corrected chi connectivity index (χ4v) is 6.61. The molecular weight excluding hydrogens is 444 g/mol. The summed E-state index contributed by atoms with van der Waals surface area (Å²) in [5.41, 5.74) is -1.00. The predicted octanol–water partition coefficient (Wildman–Crippen LogP) is 6.10. The minimum absolute atomic E-state index is 0.0335. The van der Waals surface area contributed by atoms with Crippen LogP contribution in [0.2, 0.25) is 0 Å². The lowest BCUT2D eigenvalue weighted by Gasteiger charge is -2.62. The SMILES string of the molecule is CCC(C)(C)C(=O)OC1(C(C)C)C2CC3CC(C2)CC1C3.CCC(C)(C)C(=O)OC1COC(=O)C1. The Labute approximate surface area is 212 Å². The summed E-state index contributed by atoms with van der Waals surface area (Å²) < 4.78 is 16.2. The Hall–Kier alpha value is -1.59. The summed E-state index contributed by atoms with van der Waals surface area (Å²) in [6, 6.07) is 0. The van der Waals surface area contributed by atoms with E-state index in [1.807, 2.05) is 34.6 Å². The molecule has 1 heterocycles. The van der Waals surface area contributed by atoms with Gasteiger partial charge in [-0.1, -0.05) is 27.7 Å². The molecular formula is C29H48O6. The zero-order chi connectivity index (χ0) is 26.2. The first-order chi connectivity index (χ1) is 16.2. The van der Waals surface area contributed by atoms with Gasteiger partial charge in [-0.25, -0.2) is 0 Å². The molecule has 1 saturated heterocycles. The molecule has 0 aromatic carbocycles. The Bertz CT molecular complexity index is 767. The van der Waals surface area contributed by atoms with Gasteiger partial charge in [-0.3, -0.25) is 14.4 Å². The van der Waals surface area contributed by atoms with Gasteiger partial charge in [-0.15, -0.1) is 0 Å². The first-order valence-electron chi connectivity index (χ1n) is 13.8. The van der Waals surface area contributed by atoms with Gasteiger partial charge in [-0.05, 0) is 102 Å². The standard InChI is InChI=1S/C19H32O2.C10H16O4/c1-6-18(4,5)17(20)21-19(12(2)3)15-8-13-7-14(10-15)11-16(19)9-13;1-4-10(2,3)9(12)14-7-5-8(11)13-6-7/h12-16H,6-11H2,1-5H3;7H,4-6H2,1-3H3. The quantitative estimate of drug-likeness (QED) is 0.316. The van der Waals surface area contributed by atoms with Gasteiger partial charge in [0.25, 0.3) is 0 Å². The highest BCUT2D eigenvalue weighted by atomic mass is 16.6. The third kappa shape index (κ3) is 5.72. The molecule has 0 amide bonds. The van der Waals surface area contributed by atoms with Crippen LogP contribution in [0.25, 0.3) is 0 Å². The van der Waals surface area contributed by atoms with Crippen molar-refractivity contribution < 1.29 is 28.6 Å². The van der Waals surface area contributed by atoms with Crippen molar-refractivity contribution in [1.29, 1.82) is 0 Å². The summed E-state index contributed by atoms with van der Waals surface area (Å²) in [6.45, 7) is 16.5. The Balaban J connectivity index is 0.000000214. The van der Waals surface area contributed by atoms with Gasteiger partial charge >= 0.3 is 17.9 Å². The zero-order valence-electron chi connectivity index (χ0n) is 23.3. The van der Waals surface area contributed by atoms with E-state index in [0.29, 0.717) is 24.2 Å². The van der Waals surface area contributed by atoms with Crippen LogP contribution in [0.3, 0.4) is 0 Å². The summed E-state index contributed by atoms with van der Waals surface area (Å²) in [4.78, 5) is 35.1. The van der Waals surface area contributed by atoms with E-state index in [9.17, 15) is 14.4 Å². The van der Waals surface area contributed by atoms with E-state index in [-0.39, 0.29) is 48.1 Å². The van der Waals surface area contributed by atoms with Crippen molar-refractivity contribution in [2.45, 2.75) is 118 Å². The summed E-state index contributed by atoms with van der Waals surface area (Å²) in [6.07, 6.45) is 7.99. The van der Waals surface area contributed by atoms with E-state index >= 15 is 0 Å². The molecule has 1 atom stereocenters. The lowest BCUT2D eigenvalue weighted by atomic mass is 9.47. The van der Waals surface area contributed by atoms with Crippen LogP contribution in [0.15, 0.2) is 0 Å². The summed E-state index contributed by atoms with van der Waals surface area (Å²) in [7, 11) is 0. The van der Waals surface area contributed by atoms with Gasteiger partial charge in [0.05, 0.1) is 17.3 Å². The third-order valence-corrected chi connectivity index (χ3v) is 9.56. The highest BCUT2D eigenvalue weighted by Crippen LogP contribution is 2.62. The summed E-state index contributed by atoms with van der Waals surface area (Å²) in [5, 5.41) is 0. The average molecular weight is 493 g/mol. The maximum atomic E-state index is 12.8. The van der Waals surface area contributed by atoms with E-state index in [2.05, 4.69) is 20.8 Å². The molecule has 0 aromatic rings. The molecule has 5 fully saturated rings. The second-order valence-corrected chi connectivity index (χ2v) is 13.1. The van der Waals surface area contributed by atoms with Crippen molar-refractivity contribution in [3.05, 3.63) is 0 Å². The monoisotopic (exact) mass is 492 g/mol. The number of esters is 3. The third-order valence-electron chi connectivity index (χ3n) is 9.56. The zero-order valence-corrected chi connectivity index (χ0v) is 23.3. The number of hydrogen-bond acceptors (Lipinski definition) is 6. The fourth-order valence-electron chi connectivity index (χ4n) is 6.61. The molecule has 200 valence electrons. The van der Waals surface area contributed by atoms with Crippen molar-refractivity contribution in [3.8, 4) is 0 Å². The second kappa shape index (κ2) is 10.4. The Morgan fingerprint density at radius 3 is 1.80 bits per heavy atom. The first-order valence-corrected chi connectivity index (χ1v) is 13.8. The Kier molecular flexibility index (Phi) is 8.33. The minimum Gasteiger partial charge on any atom is -0.462 e. The average Bonchev–Trinajstić information content (AvgIpc) is 3.20. The van der Waals surface area contributed by atoms with E-state index in [0.717, 1.165) is 18.3 Å². The number of hydrogen-bond donors (Lipinski definition) is 0. The van der Waals surface area contributed by atoms with Gasteiger partial charge in [0.15, 0.2) is 0 Å². The molecule has 0 radical (unpaired) electrons. The van der Waals surface area contributed by atoms with Crippen LogP contribution in [0.4, 0.5) is 0 Å². The highest BCUT2D eigenvalue weighted by Gasteiger charge is 2.61. The number of carbonyl (C=O) groups is 3. The molecule has 4 bridgehead atoms. The van der Waals surface area contributed by atoms with E-state index in [1.54, 1.807) is 0 Å². The van der Waals surface area contributed by atoms with Gasteiger partial charge in [0.2, 0.25) is 0 Å². The van der Waals surface area contributed by atoms with Crippen molar-refractivity contribution in [1.82, 2.24) is 0 Å². The van der Waals surface area contributed by atoms with Crippen LogP contribution in [0, 0.1) is 40.4 Å². The van der Waals surface area contributed by atoms with Crippen molar-refractivity contribution in [3.63, 3.8) is 0 Å². The van der Waals surface area contributed by atoms with Gasteiger partial charge < -0.3 is 14.2 Å². The molecule has 4 saturated carbocycles. The van der Waals surface area contributed by atoms with Crippen LogP contribution < -0.4 is 0 Å². The Morgan fingerprint density at radius 1 is 0.914 bits per heavy atom. The van der Waals surface area contributed by atoms with Crippen LogP contribution in [-0.2, 0) is 28.6 Å². The molecule has 5 rings (SSSR count). The van der Waals surface area contributed by atoms with Gasteiger partial charge in [0, 0.05) is 0 Å². The lowest BCUT2D eigenvalue weighted by molar-refractivity contribution is -0.231. The van der Waals surface area contributed by atoms with E-state index in [1.165, 1.54) is 32.1 Å². The first kappa shape index (κ1) is 28.0. The molecule has 1 aliphatic heterocycles. The van der Waals surface area contributed by atoms with Crippen LogP contribution >= 0.6 is 0 Å². The maximum absolute atomic E-state index is 12.8. The lowest BCUT2D eigenvalue weighted by Crippen LogP contribution is -2.63. The molecule has 4 aliphatic carbocycles. The van der Waals surface area contributed by atoms with E-state index < -0.39 is 5.41 Å². The molecule has 5 aliphatic rings. The second-order valence-electron chi connectivity index (χ2n) is 13.1. The fraction of sp³-hybridized carbons (Fsp3) is 0.897. The largest absolute Gasteiger partial charge is 0.462 e. The molecule has 35 heavy (non-hydrogen) atoms. The molecule has 0 spiro atoms. The Morgan fingerprint density at radius 2 is 1.40 bits per heavy atom. The summed E-state index contributed by atoms with van der Waals surface area (Å²) >= 11 is 0. The van der Waals surface area contributed by atoms with Crippen molar-refractivity contribution in [2.24, 2.45) is 40.4 Å². The number of ether oxygens (including phenoxy) is 3. The molecule has 0 aromatic heterocycles. The van der Waals surface area contributed by atoms with Crippen LogP contribution in [0.1, 0.15) is 107 Å². The van der Waals surface area contributed by atoms with Crippen LogP contribution in [-0.4, -0.2) is 36.2 Å². The number of rotatable bonds is 7.